The van der Waals surface area contributed by atoms with Gasteiger partial charge in [0.1, 0.15) is 12.4 Å². The summed E-state index contributed by atoms with van der Waals surface area (Å²) < 4.78 is 5.60. The highest BCUT2D eigenvalue weighted by atomic mass is 16.5. The smallest absolute Gasteiger partial charge is 0.315 e. The molecule has 2 N–H and O–H groups in total. The summed E-state index contributed by atoms with van der Waals surface area (Å²) in [5.74, 6) is 0.838. The average molecular weight is 305 g/mol. The summed E-state index contributed by atoms with van der Waals surface area (Å²) in [5, 5.41) is 5.87. The van der Waals surface area contributed by atoms with Crippen LogP contribution in [-0.4, -0.2) is 49.3 Å². The zero-order valence-electron chi connectivity index (χ0n) is 13.8. The predicted octanol–water partition coefficient (Wildman–Crippen LogP) is 2.16. The van der Waals surface area contributed by atoms with E-state index in [1.165, 1.54) is 5.56 Å². The monoisotopic (exact) mass is 305 g/mol. The number of nitrogens with one attached hydrogen (secondary N) is 2. The molecule has 2 amide bonds. The van der Waals surface area contributed by atoms with Crippen LogP contribution in [-0.2, 0) is 0 Å². The van der Waals surface area contributed by atoms with E-state index in [-0.39, 0.29) is 12.1 Å². The Hall–Kier alpha value is -1.75. The van der Waals surface area contributed by atoms with Crippen LogP contribution in [0.2, 0.25) is 0 Å². The molecule has 22 heavy (non-hydrogen) atoms. The third kappa shape index (κ3) is 5.22. The molecule has 0 radical (unpaired) electrons. The van der Waals surface area contributed by atoms with Crippen molar-refractivity contribution in [3.05, 3.63) is 29.8 Å². The number of hydrogen-bond acceptors (Lipinski definition) is 3. The molecule has 1 heterocycles. The zero-order valence-corrected chi connectivity index (χ0v) is 13.8. The van der Waals surface area contributed by atoms with E-state index >= 15 is 0 Å². The van der Waals surface area contributed by atoms with Gasteiger partial charge in [0.15, 0.2) is 0 Å². The van der Waals surface area contributed by atoms with Gasteiger partial charge in [-0.1, -0.05) is 12.1 Å². The molecule has 2 rings (SSSR count). The van der Waals surface area contributed by atoms with Gasteiger partial charge in [0.25, 0.3) is 0 Å². The van der Waals surface area contributed by atoms with Crippen LogP contribution in [0.3, 0.4) is 0 Å². The third-order valence-corrected chi connectivity index (χ3v) is 3.93. The van der Waals surface area contributed by atoms with E-state index in [9.17, 15) is 4.79 Å². The van der Waals surface area contributed by atoms with Crippen LogP contribution in [0.1, 0.15) is 25.8 Å². The maximum absolute atomic E-state index is 11.8. The molecule has 0 spiro atoms. The molecule has 1 fully saturated rings. The summed E-state index contributed by atoms with van der Waals surface area (Å²) >= 11 is 0. The molecule has 1 aliphatic rings. The number of likely N-dealkylation sites (tertiary alicyclic amines) is 1. The number of benzene rings is 1. The molecular weight excluding hydrogens is 278 g/mol. The molecule has 0 bridgehead atoms. The van der Waals surface area contributed by atoms with Crippen molar-refractivity contribution in [1.82, 2.24) is 15.5 Å². The Morgan fingerprint density at radius 3 is 2.95 bits per heavy atom. The zero-order chi connectivity index (χ0) is 15.9. The van der Waals surface area contributed by atoms with Crippen molar-refractivity contribution in [2.24, 2.45) is 0 Å². The first-order valence-corrected chi connectivity index (χ1v) is 8.02. The lowest BCUT2D eigenvalue weighted by Gasteiger charge is -2.20. The largest absolute Gasteiger partial charge is 0.492 e. The fourth-order valence-electron chi connectivity index (χ4n) is 2.65. The van der Waals surface area contributed by atoms with Gasteiger partial charge < -0.3 is 15.4 Å². The summed E-state index contributed by atoms with van der Waals surface area (Å²) in [6.45, 7) is 9.36. The maximum atomic E-state index is 11.8. The SMILES string of the molecule is Cc1cccc(OCCNC(=O)NC2CCN(C(C)C)C2)c1. The first kappa shape index (κ1) is 16.6. The topological polar surface area (TPSA) is 53.6 Å². The van der Waals surface area contributed by atoms with Gasteiger partial charge in [0.05, 0.1) is 6.54 Å². The number of ether oxygens (including phenoxy) is 1. The lowest BCUT2D eigenvalue weighted by Crippen LogP contribution is -2.44. The third-order valence-electron chi connectivity index (χ3n) is 3.93. The summed E-state index contributed by atoms with van der Waals surface area (Å²) in [6, 6.07) is 8.58. The van der Waals surface area contributed by atoms with E-state index in [0.29, 0.717) is 19.2 Å². The molecule has 1 aromatic carbocycles. The summed E-state index contributed by atoms with van der Waals surface area (Å²) in [5.41, 5.74) is 1.17. The van der Waals surface area contributed by atoms with Crippen molar-refractivity contribution in [2.75, 3.05) is 26.2 Å². The van der Waals surface area contributed by atoms with E-state index in [1.54, 1.807) is 0 Å². The van der Waals surface area contributed by atoms with Crippen molar-refractivity contribution in [2.45, 2.75) is 39.3 Å². The molecule has 1 aliphatic heterocycles. The number of carbonyl (C=O) groups is 1. The first-order chi connectivity index (χ1) is 10.5. The Morgan fingerprint density at radius 2 is 2.27 bits per heavy atom. The fraction of sp³-hybridized carbons (Fsp3) is 0.588. The normalized spacial score (nSPS) is 18.5. The second-order valence-corrected chi connectivity index (χ2v) is 6.14. The van der Waals surface area contributed by atoms with Gasteiger partial charge in [0, 0.05) is 25.2 Å². The summed E-state index contributed by atoms with van der Waals surface area (Å²) in [4.78, 5) is 14.2. The van der Waals surface area contributed by atoms with Gasteiger partial charge in [-0.15, -0.1) is 0 Å². The van der Waals surface area contributed by atoms with Gasteiger partial charge in [0.2, 0.25) is 0 Å². The van der Waals surface area contributed by atoms with Crippen LogP contribution in [0.15, 0.2) is 24.3 Å². The lowest BCUT2D eigenvalue weighted by atomic mass is 10.2. The Balaban J connectivity index is 1.60. The van der Waals surface area contributed by atoms with E-state index in [2.05, 4.69) is 29.4 Å². The lowest BCUT2D eigenvalue weighted by molar-refractivity contribution is 0.230. The van der Waals surface area contributed by atoms with Gasteiger partial charge in [-0.3, -0.25) is 4.90 Å². The number of amides is 2. The second-order valence-electron chi connectivity index (χ2n) is 6.14. The number of aryl methyl sites for hydroxylation is 1. The Morgan fingerprint density at radius 1 is 1.45 bits per heavy atom. The van der Waals surface area contributed by atoms with Crippen molar-refractivity contribution >= 4 is 6.03 Å². The van der Waals surface area contributed by atoms with E-state index < -0.39 is 0 Å². The van der Waals surface area contributed by atoms with Crippen LogP contribution in [0, 0.1) is 6.92 Å². The highest BCUT2D eigenvalue weighted by Crippen LogP contribution is 2.12. The molecule has 0 saturated carbocycles. The van der Waals surface area contributed by atoms with Crippen molar-refractivity contribution < 1.29 is 9.53 Å². The number of hydrogen-bond donors (Lipinski definition) is 2. The average Bonchev–Trinajstić information content (AvgIpc) is 2.92. The molecule has 5 nitrogen and oxygen atoms in total. The van der Waals surface area contributed by atoms with Crippen molar-refractivity contribution in [1.29, 1.82) is 0 Å². The predicted molar refractivity (Wildman–Crippen MR) is 88.3 cm³/mol. The van der Waals surface area contributed by atoms with Gasteiger partial charge >= 0.3 is 6.03 Å². The number of rotatable bonds is 6. The number of nitrogens with zero attached hydrogens (tertiary/aromatic N) is 1. The Labute approximate surface area is 133 Å². The molecule has 5 heteroatoms. The van der Waals surface area contributed by atoms with E-state index in [1.807, 2.05) is 31.2 Å². The molecular formula is C17H27N3O2. The van der Waals surface area contributed by atoms with Crippen LogP contribution in [0.4, 0.5) is 4.79 Å². The maximum Gasteiger partial charge on any atom is 0.315 e. The molecule has 0 aromatic heterocycles. The van der Waals surface area contributed by atoms with Gasteiger partial charge in [-0.25, -0.2) is 4.79 Å². The quantitative estimate of drug-likeness (QED) is 0.792. The first-order valence-electron chi connectivity index (χ1n) is 8.02. The number of carbonyl (C=O) groups excluding carboxylic acids is 1. The molecule has 122 valence electrons. The van der Waals surface area contributed by atoms with E-state index in [0.717, 1.165) is 25.3 Å². The molecule has 1 atom stereocenters. The molecule has 1 aromatic rings. The fourth-order valence-corrected chi connectivity index (χ4v) is 2.65. The second kappa shape index (κ2) is 8.03. The van der Waals surface area contributed by atoms with Crippen LogP contribution < -0.4 is 15.4 Å². The number of urea groups is 1. The van der Waals surface area contributed by atoms with Crippen LogP contribution in [0.5, 0.6) is 5.75 Å². The van der Waals surface area contributed by atoms with Crippen molar-refractivity contribution in [3.8, 4) is 5.75 Å². The highest BCUT2D eigenvalue weighted by Gasteiger charge is 2.25. The Kier molecular flexibility index (Phi) is 6.07. The summed E-state index contributed by atoms with van der Waals surface area (Å²) in [7, 11) is 0. The van der Waals surface area contributed by atoms with E-state index in [4.69, 9.17) is 4.74 Å². The van der Waals surface area contributed by atoms with Crippen LogP contribution >= 0.6 is 0 Å². The molecule has 1 saturated heterocycles. The Bertz CT molecular complexity index is 491. The van der Waals surface area contributed by atoms with Crippen molar-refractivity contribution in [3.63, 3.8) is 0 Å². The highest BCUT2D eigenvalue weighted by molar-refractivity contribution is 5.74. The minimum atomic E-state index is -0.108. The van der Waals surface area contributed by atoms with Gasteiger partial charge in [-0.05, 0) is 44.9 Å². The standard InChI is InChI=1S/C17H27N3O2/c1-13(2)20-9-7-15(12-20)19-17(21)18-8-10-22-16-6-4-5-14(3)11-16/h4-6,11,13,15H,7-10,12H2,1-3H3,(H2,18,19,21). The minimum absolute atomic E-state index is 0.108. The van der Waals surface area contributed by atoms with Crippen LogP contribution in [0.25, 0.3) is 0 Å². The minimum Gasteiger partial charge on any atom is -0.492 e. The summed E-state index contributed by atoms with van der Waals surface area (Å²) in [6.07, 6.45) is 1.02. The molecule has 0 aliphatic carbocycles. The molecule has 1 unspecified atom stereocenters. The van der Waals surface area contributed by atoms with Gasteiger partial charge in [-0.2, -0.15) is 0 Å².